The molecule has 2 heterocycles. The molecule has 0 fully saturated rings. The van der Waals surface area contributed by atoms with Crippen molar-refractivity contribution in [2.75, 3.05) is 5.32 Å². The summed E-state index contributed by atoms with van der Waals surface area (Å²) in [6, 6.07) is 11.4. The molecule has 0 aliphatic heterocycles. The number of amides is 1. The number of aryl methyl sites for hydroxylation is 2. The zero-order valence-corrected chi connectivity index (χ0v) is 18.0. The van der Waals surface area contributed by atoms with E-state index in [4.69, 9.17) is 11.6 Å². The highest BCUT2D eigenvalue weighted by Gasteiger charge is 2.12. The van der Waals surface area contributed by atoms with E-state index < -0.39 is 0 Å². The minimum Gasteiger partial charge on any atom is -0.300 e. The van der Waals surface area contributed by atoms with Crippen LogP contribution in [-0.2, 0) is 17.8 Å². The van der Waals surface area contributed by atoms with Gasteiger partial charge in [0.05, 0.1) is 17.2 Å². The topological polar surface area (TPSA) is 76.9 Å². The largest absolute Gasteiger partial charge is 0.300 e. The number of halogens is 1. The Kier molecular flexibility index (Phi) is 5.65. The van der Waals surface area contributed by atoms with Gasteiger partial charge in [-0.1, -0.05) is 35.9 Å². The number of nitrogens with one attached hydrogen (secondary N) is 1. The van der Waals surface area contributed by atoms with Crippen LogP contribution in [0.25, 0.3) is 10.9 Å². The Morgan fingerprint density at radius 1 is 1.17 bits per heavy atom. The summed E-state index contributed by atoms with van der Waals surface area (Å²) in [4.78, 5) is 34.7. The van der Waals surface area contributed by atoms with E-state index in [0.717, 1.165) is 26.6 Å². The van der Waals surface area contributed by atoms with Crippen LogP contribution in [0.1, 0.15) is 21.6 Å². The summed E-state index contributed by atoms with van der Waals surface area (Å²) in [6.07, 6.45) is 3.83. The van der Waals surface area contributed by atoms with Crippen molar-refractivity contribution < 1.29 is 4.79 Å². The Balaban J connectivity index is 1.45. The number of benzene rings is 2. The number of thiazole rings is 1. The molecular weight excluding hydrogens is 420 g/mol. The number of hydrogen-bond donors (Lipinski definition) is 1. The number of anilines is 1. The fourth-order valence-corrected chi connectivity index (χ4v) is 4.22. The molecule has 0 radical (unpaired) electrons. The van der Waals surface area contributed by atoms with Gasteiger partial charge in [-0.05, 0) is 42.7 Å². The Hall–Kier alpha value is -3.03. The van der Waals surface area contributed by atoms with E-state index in [0.29, 0.717) is 22.5 Å². The van der Waals surface area contributed by atoms with Gasteiger partial charge in [0.1, 0.15) is 6.54 Å². The Morgan fingerprint density at radius 2 is 2.00 bits per heavy atom. The molecule has 1 N–H and O–H groups in total. The van der Waals surface area contributed by atoms with Gasteiger partial charge in [0, 0.05) is 22.5 Å². The molecule has 0 bridgehead atoms. The van der Waals surface area contributed by atoms with Crippen LogP contribution in [0.4, 0.5) is 5.13 Å². The van der Waals surface area contributed by atoms with Gasteiger partial charge in [0.25, 0.3) is 5.56 Å². The van der Waals surface area contributed by atoms with Crippen LogP contribution >= 0.6 is 22.9 Å². The first-order valence-corrected chi connectivity index (χ1v) is 10.5. The molecule has 4 aromatic rings. The highest BCUT2D eigenvalue weighted by molar-refractivity contribution is 7.15. The summed E-state index contributed by atoms with van der Waals surface area (Å²) >= 11 is 7.58. The Bertz CT molecular complexity index is 1310. The van der Waals surface area contributed by atoms with E-state index in [2.05, 4.69) is 15.3 Å². The molecule has 0 aliphatic carbocycles. The summed E-state index contributed by atoms with van der Waals surface area (Å²) in [5.74, 6) is -0.329. The van der Waals surface area contributed by atoms with Crippen molar-refractivity contribution in [3.63, 3.8) is 0 Å². The molecular formula is C22H19ClN4O2S. The number of carbonyl (C=O) groups excluding carboxylic acids is 1. The monoisotopic (exact) mass is 438 g/mol. The zero-order valence-electron chi connectivity index (χ0n) is 16.5. The summed E-state index contributed by atoms with van der Waals surface area (Å²) < 4.78 is 1.31. The van der Waals surface area contributed by atoms with Crippen LogP contribution in [0, 0.1) is 13.8 Å². The number of para-hydroxylation sites is 1. The molecule has 2 aromatic carbocycles. The van der Waals surface area contributed by atoms with Gasteiger partial charge in [-0.2, -0.15) is 0 Å². The highest BCUT2D eigenvalue weighted by atomic mass is 35.5. The molecule has 152 valence electrons. The predicted octanol–water partition coefficient (Wildman–Crippen LogP) is 4.35. The lowest BCUT2D eigenvalue weighted by molar-refractivity contribution is -0.116. The number of aromatic nitrogens is 3. The van der Waals surface area contributed by atoms with Gasteiger partial charge in [-0.15, -0.1) is 11.3 Å². The first-order valence-electron chi connectivity index (χ1n) is 9.35. The lowest BCUT2D eigenvalue weighted by Crippen LogP contribution is -2.28. The van der Waals surface area contributed by atoms with Gasteiger partial charge >= 0.3 is 0 Å². The average molecular weight is 439 g/mol. The third-order valence-corrected chi connectivity index (χ3v) is 6.10. The molecule has 0 unspecified atom stereocenters. The van der Waals surface area contributed by atoms with E-state index in [1.807, 2.05) is 44.2 Å². The second-order valence-electron chi connectivity index (χ2n) is 7.09. The van der Waals surface area contributed by atoms with Crippen molar-refractivity contribution in [1.29, 1.82) is 0 Å². The summed E-state index contributed by atoms with van der Waals surface area (Å²) in [6.45, 7) is 3.73. The normalized spacial score (nSPS) is 11.0. The summed E-state index contributed by atoms with van der Waals surface area (Å²) in [5.41, 5.74) is 3.45. The van der Waals surface area contributed by atoms with Gasteiger partial charge in [0.15, 0.2) is 5.13 Å². The Morgan fingerprint density at radius 3 is 2.80 bits per heavy atom. The molecule has 4 rings (SSSR count). The van der Waals surface area contributed by atoms with Crippen LogP contribution in [0.3, 0.4) is 0 Å². The SMILES string of the molecule is Cc1ccc(Cc2cnc(NC(=O)Cn3cnc4c(C)cccc4c3=O)s2)cc1Cl. The fourth-order valence-electron chi connectivity index (χ4n) is 3.16. The van der Waals surface area contributed by atoms with Crippen molar-refractivity contribution >= 4 is 44.9 Å². The summed E-state index contributed by atoms with van der Waals surface area (Å²) in [7, 11) is 0. The molecule has 0 aliphatic rings. The molecule has 2 aromatic heterocycles. The smallest absolute Gasteiger partial charge is 0.261 e. The van der Waals surface area contributed by atoms with E-state index in [1.54, 1.807) is 12.3 Å². The van der Waals surface area contributed by atoms with Crippen molar-refractivity contribution in [2.24, 2.45) is 0 Å². The first-order chi connectivity index (χ1) is 14.4. The second kappa shape index (κ2) is 8.38. The first kappa shape index (κ1) is 20.3. The quantitative estimate of drug-likeness (QED) is 0.502. The van der Waals surface area contributed by atoms with Gasteiger partial charge in [0.2, 0.25) is 5.91 Å². The maximum Gasteiger partial charge on any atom is 0.261 e. The lowest BCUT2D eigenvalue weighted by atomic mass is 10.1. The third kappa shape index (κ3) is 4.27. The maximum atomic E-state index is 12.6. The van der Waals surface area contributed by atoms with Crippen LogP contribution < -0.4 is 10.9 Å². The van der Waals surface area contributed by atoms with Crippen LogP contribution in [0.15, 0.2) is 53.7 Å². The number of rotatable bonds is 5. The fraction of sp³-hybridized carbons (Fsp3) is 0.182. The van der Waals surface area contributed by atoms with Crippen molar-refractivity contribution in [2.45, 2.75) is 26.8 Å². The molecule has 30 heavy (non-hydrogen) atoms. The van der Waals surface area contributed by atoms with Crippen molar-refractivity contribution in [1.82, 2.24) is 14.5 Å². The van der Waals surface area contributed by atoms with Crippen LogP contribution in [0.2, 0.25) is 5.02 Å². The van der Waals surface area contributed by atoms with Crippen molar-refractivity contribution in [3.8, 4) is 0 Å². The van der Waals surface area contributed by atoms with Crippen molar-refractivity contribution in [3.05, 3.63) is 85.9 Å². The predicted molar refractivity (Wildman–Crippen MR) is 120 cm³/mol. The average Bonchev–Trinajstić information content (AvgIpc) is 3.14. The molecule has 0 spiro atoms. The van der Waals surface area contributed by atoms with E-state index >= 15 is 0 Å². The highest BCUT2D eigenvalue weighted by Crippen LogP contribution is 2.24. The molecule has 6 nitrogen and oxygen atoms in total. The van der Waals surface area contributed by atoms with E-state index in [-0.39, 0.29) is 18.0 Å². The number of nitrogens with zero attached hydrogens (tertiary/aromatic N) is 3. The Labute approximate surface area is 182 Å². The lowest BCUT2D eigenvalue weighted by Gasteiger charge is -2.07. The minimum atomic E-state index is -0.329. The van der Waals surface area contributed by atoms with E-state index in [9.17, 15) is 9.59 Å². The van der Waals surface area contributed by atoms with Gasteiger partial charge in [-0.3, -0.25) is 14.2 Å². The number of fused-ring (bicyclic) bond motifs is 1. The molecule has 1 amide bonds. The zero-order chi connectivity index (χ0) is 21.3. The number of carbonyl (C=O) groups is 1. The van der Waals surface area contributed by atoms with Crippen LogP contribution in [-0.4, -0.2) is 20.4 Å². The minimum absolute atomic E-state index is 0.127. The standard InChI is InChI=1S/C22H19ClN4O2S/c1-13-6-7-15(9-18(13)23)8-16-10-24-22(30-16)26-19(28)11-27-12-25-20-14(2)4-3-5-17(20)21(27)29/h3-7,9-10,12H,8,11H2,1-2H3,(H,24,26,28). The van der Waals surface area contributed by atoms with E-state index in [1.165, 1.54) is 22.2 Å². The molecule has 0 saturated carbocycles. The van der Waals surface area contributed by atoms with Crippen LogP contribution in [0.5, 0.6) is 0 Å². The van der Waals surface area contributed by atoms with Gasteiger partial charge in [-0.25, -0.2) is 9.97 Å². The summed E-state index contributed by atoms with van der Waals surface area (Å²) in [5, 5.41) is 4.48. The van der Waals surface area contributed by atoms with Gasteiger partial charge < -0.3 is 5.32 Å². The molecule has 0 atom stereocenters. The maximum absolute atomic E-state index is 12.6. The second-order valence-corrected chi connectivity index (χ2v) is 8.61. The molecule has 0 saturated heterocycles. The molecule has 8 heteroatoms. The number of hydrogen-bond acceptors (Lipinski definition) is 5. The third-order valence-electron chi connectivity index (χ3n) is 4.78.